The molecule has 0 saturated heterocycles. The highest BCUT2D eigenvalue weighted by Gasteiger charge is 2.18. The van der Waals surface area contributed by atoms with Gasteiger partial charge in [0.05, 0.1) is 10.9 Å². The molecule has 5 nitrogen and oxygen atoms in total. The van der Waals surface area contributed by atoms with Crippen LogP contribution in [0.1, 0.15) is 30.9 Å². The lowest BCUT2D eigenvalue weighted by molar-refractivity contribution is -0.131. The Hall–Kier alpha value is -2.47. The van der Waals surface area contributed by atoms with Gasteiger partial charge in [-0.15, -0.1) is 11.3 Å². The lowest BCUT2D eigenvalue weighted by atomic mass is 10.1. The number of hydrogen-bond donors (Lipinski definition) is 0. The van der Waals surface area contributed by atoms with E-state index >= 15 is 0 Å². The molecule has 0 aliphatic heterocycles. The summed E-state index contributed by atoms with van der Waals surface area (Å²) in [5.74, 6) is 0.524. The first kappa shape index (κ1) is 16.4. The molecule has 0 fully saturated rings. The number of nitrogens with zero attached hydrogens (tertiary/aromatic N) is 1. The van der Waals surface area contributed by atoms with Crippen LogP contribution in [0.2, 0.25) is 0 Å². The zero-order valence-electron chi connectivity index (χ0n) is 13.9. The molecule has 0 spiro atoms. The van der Waals surface area contributed by atoms with Gasteiger partial charge in [0.15, 0.2) is 0 Å². The van der Waals surface area contributed by atoms with Crippen molar-refractivity contribution in [3.63, 3.8) is 0 Å². The molecule has 0 unspecified atom stereocenters. The van der Waals surface area contributed by atoms with E-state index in [4.69, 9.17) is 9.15 Å². The average Bonchev–Trinajstić information content (AvgIpc) is 2.92. The lowest BCUT2D eigenvalue weighted by Crippen LogP contribution is -2.09. The molecule has 0 aliphatic carbocycles. The Balaban J connectivity index is 2.29. The number of rotatable bonds is 3. The van der Waals surface area contributed by atoms with E-state index in [-0.39, 0.29) is 5.43 Å². The monoisotopic (exact) mass is 343 g/mol. The third kappa shape index (κ3) is 2.85. The second-order valence-electron chi connectivity index (χ2n) is 5.56. The molecule has 0 amide bonds. The van der Waals surface area contributed by atoms with Crippen molar-refractivity contribution < 1.29 is 13.9 Å². The number of ether oxygens (including phenoxy) is 1. The number of aryl methyl sites for hydroxylation is 3. The Kier molecular flexibility index (Phi) is 4.24. The Morgan fingerprint density at radius 2 is 2.08 bits per heavy atom. The fourth-order valence-electron chi connectivity index (χ4n) is 2.62. The fourth-order valence-corrected chi connectivity index (χ4v) is 3.51. The summed E-state index contributed by atoms with van der Waals surface area (Å²) in [4.78, 5) is 28.6. The first-order valence-electron chi connectivity index (χ1n) is 7.62. The summed E-state index contributed by atoms with van der Waals surface area (Å²) in [5.41, 5.74) is 2.43. The predicted molar refractivity (Wildman–Crippen MR) is 93.8 cm³/mol. The van der Waals surface area contributed by atoms with Gasteiger partial charge >= 0.3 is 5.97 Å². The van der Waals surface area contributed by atoms with E-state index in [1.807, 2.05) is 19.2 Å². The number of esters is 1. The summed E-state index contributed by atoms with van der Waals surface area (Å²) >= 11 is 1.42. The lowest BCUT2D eigenvalue weighted by Gasteiger charge is -2.10. The molecule has 0 saturated carbocycles. The summed E-state index contributed by atoms with van der Waals surface area (Å²) < 4.78 is 11.1. The molecule has 2 aromatic heterocycles. The van der Waals surface area contributed by atoms with E-state index in [0.29, 0.717) is 39.5 Å². The molecule has 0 radical (unpaired) electrons. The zero-order valence-corrected chi connectivity index (χ0v) is 14.7. The van der Waals surface area contributed by atoms with Gasteiger partial charge in [-0.25, -0.2) is 4.98 Å². The summed E-state index contributed by atoms with van der Waals surface area (Å²) in [7, 11) is 0. The minimum Gasteiger partial charge on any atom is -0.460 e. The van der Waals surface area contributed by atoms with Crippen LogP contribution in [0.15, 0.2) is 26.7 Å². The molecule has 2 heterocycles. The maximum absolute atomic E-state index is 13.0. The minimum absolute atomic E-state index is 0.118. The highest BCUT2D eigenvalue weighted by Crippen LogP contribution is 2.30. The van der Waals surface area contributed by atoms with Gasteiger partial charge in [-0.2, -0.15) is 0 Å². The minimum atomic E-state index is -0.405. The molecule has 0 atom stereocenters. The van der Waals surface area contributed by atoms with Crippen molar-refractivity contribution in [2.75, 3.05) is 0 Å². The van der Waals surface area contributed by atoms with Crippen LogP contribution in [0.5, 0.6) is 5.75 Å². The highest BCUT2D eigenvalue weighted by atomic mass is 32.1. The molecular weight excluding hydrogens is 326 g/mol. The van der Waals surface area contributed by atoms with Crippen LogP contribution in [-0.4, -0.2) is 11.0 Å². The molecule has 6 heteroatoms. The van der Waals surface area contributed by atoms with Crippen LogP contribution < -0.4 is 10.2 Å². The van der Waals surface area contributed by atoms with Gasteiger partial charge in [0.25, 0.3) is 0 Å². The second-order valence-corrected chi connectivity index (χ2v) is 6.42. The van der Waals surface area contributed by atoms with Gasteiger partial charge in [-0.3, -0.25) is 9.59 Å². The van der Waals surface area contributed by atoms with Gasteiger partial charge in [-0.05, 0) is 31.9 Å². The Morgan fingerprint density at radius 1 is 1.33 bits per heavy atom. The Bertz CT molecular complexity index is 1000. The number of carbonyl (C=O) groups excluding carboxylic acids is 1. The molecule has 3 rings (SSSR count). The first-order chi connectivity index (χ1) is 11.4. The van der Waals surface area contributed by atoms with Crippen LogP contribution in [-0.2, 0) is 11.2 Å². The molecule has 124 valence electrons. The SMILES string of the molecule is CCc1cc2c(=O)c(-c3nc(C)cs3)c(C)oc2cc1OC(C)=O. The number of carbonyl (C=O) groups is 1. The first-order valence-corrected chi connectivity index (χ1v) is 8.50. The summed E-state index contributed by atoms with van der Waals surface area (Å²) in [6, 6.07) is 3.35. The van der Waals surface area contributed by atoms with E-state index in [2.05, 4.69) is 4.98 Å². The topological polar surface area (TPSA) is 69.4 Å². The van der Waals surface area contributed by atoms with Crippen molar-refractivity contribution in [1.29, 1.82) is 0 Å². The molecule has 1 aromatic carbocycles. The van der Waals surface area contributed by atoms with Crippen molar-refractivity contribution in [2.45, 2.75) is 34.1 Å². The summed E-state index contributed by atoms with van der Waals surface area (Å²) in [5, 5.41) is 3.03. The van der Waals surface area contributed by atoms with Crippen LogP contribution in [0.4, 0.5) is 0 Å². The van der Waals surface area contributed by atoms with Gasteiger partial charge in [0.2, 0.25) is 5.43 Å². The molecular formula is C18H17NO4S. The van der Waals surface area contributed by atoms with Crippen LogP contribution >= 0.6 is 11.3 Å². The quantitative estimate of drug-likeness (QED) is 0.531. The van der Waals surface area contributed by atoms with Crippen molar-refractivity contribution in [2.24, 2.45) is 0 Å². The highest BCUT2D eigenvalue weighted by molar-refractivity contribution is 7.13. The van der Waals surface area contributed by atoms with Gasteiger partial charge in [-0.1, -0.05) is 6.92 Å². The maximum atomic E-state index is 13.0. The number of fused-ring (bicyclic) bond motifs is 1. The Labute approximate surface area is 142 Å². The smallest absolute Gasteiger partial charge is 0.308 e. The third-order valence-electron chi connectivity index (χ3n) is 3.72. The molecule has 0 bridgehead atoms. The number of aromatic nitrogens is 1. The van der Waals surface area contributed by atoms with Gasteiger partial charge < -0.3 is 9.15 Å². The summed E-state index contributed by atoms with van der Waals surface area (Å²) in [6.45, 7) is 6.92. The number of hydrogen-bond acceptors (Lipinski definition) is 6. The van der Waals surface area contributed by atoms with Crippen LogP contribution in [0, 0.1) is 13.8 Å². The van der Waals surface area contributed by atoms with E-state index in [1.165, 1.54) is 18.3 Å². The number of thiazole rings is 1. The maximum Gasteiger partial charge on any atom is 0.308 e. The van der Waals surface area contributed by atoms with E-state index < -0.39 is 5.97 Å². The van der Waals surface area contributed by atoms with Crippen molar-refractivity contribution in [1.82, 2.24) is 4.98 Å². The second kappa shape index (κ2) is 6.20. The summed E-state index contributed by atoms with van der Waals surface area (Å²) in [6.07, 6.45) is 0.636. The van der Waals surface area contributed by atoms with E-state index in [9.17, 15) is 9.59 Å². The van der Waals surface area contributed by atoms with Crippen LogP contribution in [0.25, 0.3) is 21.5 Å². The molecule has 24 heavy (non-hydrogen) atoms. The third-order valence-corrected chi connectivity index (χ3v) is 4.69. The van der Waals surface area contributed by atoms with Crippen molar-refractivity contribution in [3.8, 4) is 16.3 Å². The van der Waals surface area contributed by atoms with E-state index in [1.54, 1.807) is 19.1 Å². The standard InChI is InChI=1S/C18H17NO4S/c1-5-12-6-13-15(7-14(12)23-11(4)20)22-10(3)16(17(13)21)18-19-9(2)8-24-18/h6-8H,5H2,1-4H3. The molecule has 0 N–H and O–H groups in total. The molecule has 3 aromatic rings. The molecule has 0 aliphatic rings. The van der Waals surface area contributed by atoms with E-state index in [0.717, 1.165) is 11.3 Å². The van der Waals surface area contributed by atoms with Gasteiger partial charge in [0.1, 0.15) is 22.1 Å². The van der Waals surface area contributed by atoms with Crippen molar-refractivity contribution in [3.05, 3.63) is 44.8 Å². The van der Waals surface area contributed by atoms with Crippen LogP contribution in [0.3, 0.4) is 0 Å². The Morgan fingerprint density at radius 3 is 2.67 bits per heavy atom. The normalized spacial score (nSPS) is 11.0. The average molecular weight is 343 g/mol. The van der Waals surface area contributed by atoms with Gasteiger partial charge in [0, 0.05) is 24.1 Å². The fraction of sp³-hybridized carbons (Fsp3) is 0.278. The zero-order chi connectivity index (χ0) is 17.4. The van der Waals surface area contributed by atoms with Crippen molar-refractivity contribution >= 4 is 28.3 Å². The predicted octanol–water partition coefficient (Wildman–Crippen LogP) is 4.02. The largest absolute Gasteiger partial charge is 0.460 e. The number of benzene rings is 1.